The van der Waals surface area contributed by atoms with Gasteiger partial charge in [0, 0.05) is 6.04 Å². The van der Waals surface area contributed by atoms with Crippen molar-refractivity contribution in [1.29, 1.82) is 0 Å². The third-order valence-electron chi connectivity index (χ3n) is 3.86. The van der Waals surface area contributed by atoms with Gasteiger partial charge in [-0.15, -0.1) is 11.3 Å². The molecule has 1 fully saturated rings. The summed E-state index contributed by atoms with van der Waals surface area (Å²) in [6, 6.07) is 4.15. The first-order valence-electron chi connectivity index (χ1n) is 6.18. The number of hydrogen-bond donors (Lipinski definition) is 1. The molecule has 0 aliphatic heterocycles. The minimum Gasteiger partial charge on any atom is -0.348 e. The molecule has 0 bridgehead atoms. The van der Waals surface area contributed by atoms with Crippen molar-refractivity contribution >= 4 is 33.2 Å². The molecule has 1 aromatic rings. The van der Waals surface area contributed by atoms with Crippen molar-refractivity contribution in [1.82, 2.24) is 5.32 Å². The minimum atomic E-state index is 0.0781. The molecule has 0 aromatic carbocycles. The van der Waals surface area contributed by atoms with Crippen LogP contribution in [-0.4, -0.2) is 11.9 Å². The number of halogens is 1. The lowest BCUT2D eigenvalue weighted by Crippen LogP contribution is -2.37. The maximum absolute atomic E-state index is 12.0. The highest BCUT2D eigenvalue weighted by Gasteiger charge is 2.32. The zero-order valence-electron chi connectivity index (χ0n) is 10.2. The molecule has 1 aromatic heterocycles. The fraction of sp³-hybridized carbons (Fsp3) is 0.615. The summed E-state index contributed by atoms with van der Waals surface area (Å²) in [4.78, 5) is 12.8. The summed E-state index contributed by atoms with van der Waals surface area (Å²) in [7, 11) is 0. The van der Waals surface area contributed by atoms with E-state index in [1.54, 1.807) is 0 Å². The van der Waals surface area contributed by atoms with E-state index < -0.39 is 0 Å². The van der Waals surface area contributed by atoms with E-state index in [1.165, 1.54) is 24.2 Å². The molecule has 17 heavy (non-hydrogen) atoms. The van der Waals surface area contributed by atoms with Gasteiger partial charge in [0.1, 0.15) is 0 Å². The van der Waals surface area contributed by atoms with Gasteiger partial charge in [-0.05, 0) is 52.7 Å². The monoisotopic (exact) mass is 315 g/mol. The van der Waals surface area contributed by atoms with E-state index in [0.29, 0.717) is 12.0 Å². The molecule has 1 aliphatic carbocycles. The Kier molecular flexibility index (Phi) is 4.26. The second-order valence-electron chi connectivity index (χ2n) is 4.79. The van der Waals surface area contributed by atoms with Gasteiger partial charge in [-0.25, -0.2) is 0 Å². The molecule has 0 radical (unpaired) electrons. The van der Waals surface area contributed by atoms with E-state index in [4.69, 9.17) is 0 Å². The molecule has 0 saturated heterocycles. The van der Waals surface area contributed by atoms with Crippen LogP contribution >= 0.6 is 27.3 Å². The van der Waals surface area contributed by atoms with Crippen molar-refractivity contribution < 1.29 is 4.79 Å². The number of amides is 1. The second-order valence-corrected chi connectivity index (χ2v) is 7.25. The molecule has 1 saturated carbocycles. The highest BCUT2D eigenvalue weighted by molar-refractivity contribution is 9.11. The molecule has 1 amide bonds. The average Bonchev–Trinajstić information content (AvgIpc) is 2.87. The van der Waals surface area contributed by atoms with Gasteiger partial charge in [0.25, 0.3) is 5.91 Å². The zero-order chi connectivity index (χ0) is 12.4. The first-order valence-corrected chi connectivity index (χ1v) is 7.79. The molecule has 4 heteroatoms. The summed E-state index contributed by atoms with van der Waals surface area (Å²) in [5.41, 5.74) is 0. The highest BCUT2D eigenvalue weighted by atomic mass is 79.9. The van der Waals surface area contributed by atoms with Gasteiger partial charge in [0.05, 0.1) is 8.66 Å². The van der Waals surface area contributed by atoms with Gasteiger partial charge in [-0.2, -0.15) is 0 Å². The van der Waals surface area contributed by atoms with E-state index >= 15 is 0 Å². The molecule has 2 rings (SSSR count). The Bertz CT molecular complexity index is 404. The van der Waals surface area contributed by atoms with Crippen molar-refractivity contribution in [3.05, 3.63) is 20.8 Å². The molecule has 3 unspecified atom stereocenters. The Morgan fingerprint density at radius 3 is 2.82 bits per heavy atom. The third-order valence-corrected chi connectivity index (χ3v) is 5.49. The van der Waals surface area contributed by atoms with Crippen molar-refractivity contribution in [3.8, 4) is 0 Å². The normalized spacial score (nSPS) is 28.3. The van der Waals surface area contributed by atoms with E-state index in [9.17, 15) is 4.79 Å². The summed E-state index contributed by atoms with van der Waals surface area (Å²) in [5.74, 6) is 1.46. The Labute approximate surface area is 115 Å². The van der Waals surface area contributed by atoms with Crippen LogP contribution in [0.25, 0.3) is 0 Å². The molecule has 1 aliphatic rings. The Hall–Kier alpha value is -0.350. The number of rotatable bonds is 3. The Balaban J connectivity index is 1.96. The van der Waals surface area contributed by atoms with Gasteiger partial charge in [-0.3, -0.25) is 4.79 Å². The SMILES string of the molecule is CCC1CCC(NC(=O)c2ccc(Br)s2)C1C. The summed E-state index contributed by atoms with van der Waals surface area (Å²) in [5, 5.41) is 3.17. The van der Waals surface area contributed by atoms with Crippen LogP contribution in [0.2, 0.25) is 0 Å². The predicted molar refractivity (Wildman–Crippen MR) is 75.5 cm³/mol. The van der Waals surface area contributed by atoms with Crippen LogP contribution in [0.15, 0.2) is 15.9 Å². The predicted octanol–water partition coefficient (Wildman–Crippen LogP) is 4.07. The lowest BCUT2D eigenvalue weighted by Gasteiger charge is -2.20. The first-order chi connectivity index (χ1) is 8.11. The van der Waals surface area contributed by atoms with Crippen LogP contribution in [0, 0.1) is 11.8 Å². The number of nitrogens with one attached hydrogen (secondary N) is 1. The molecular weight excluding hydrogens is 298 g/mol. The number of thiophene rings is 1. The maximum Gasteiger partial charge on any atom is 0.261 e. The molecular formula is C13H18BrNOS. The van der Waals surface area contributed by atoms with Crippen LogP contribution in [-0.2, 0) is 0 Å². The Morgan fingerprint density at radius 1 is 1.53 bits per heavy atom. The van der Waals surface area contributed by atoms with E-state index in [-0.39, 0.29) is 5.91 Å². The van der Waals surface area contributed by atoms with Crippen LogP contribution in [0.5, 0.6) is 0 Å². The quantitative estimate of drug-likeness (QED) is 0.895. The average molecular weight is 316 g/mol. The Morgan fingerprint density at radius 2 is 2.29 bits per heavy atom. The largest absolute Gasteiger partial charge is 0.348 e. The fourth-order valence-corrected chi connectivity index (χ4v) is 3.99. The molecule has 2 nitrogen and oxygen atoms in total. The maximum atomic E-state index is 12.0. The molecule has 1 heterocycles. The first kappa shape index (κ1) is 13.1. The smallest absolute Gasteiger partial charge is 0.261 e. The van der Waals surface area contributed by atoms with Gasteiger partial charge in [0.15, 0.2) is 0 Å². The van der Waals surface area contributed by atoms with Gasteiger partial charge in [0.2, 0.25) is 0 Å². The topological polar surface area (TPSA) is 29.1 Å². The number of carbonyl (C=O) groups excluding carboxylic acids is 1. The van der Waals surface area contributed by atoms with Crippen molar-refractivity contribution in [2.45, 2.75) is 39.2 Å². The van der Waals surface area contributed by atoms with Gasteiger partial charge >= 0.3 is 0 Å². The fourth-order valence-electron chi connectivity index (χ4n) is 2.70. The summed E-state index contributed by atoms with van der Waals surface area (Å²) >= 11 is 4.88. The molecule has 1 N–H and O–H groups in total. The third kappa shape index (κ3) is 2.91. The van der Waals surface area contributed by atoms with Crippen LogP contribution in [0.4, 0.5) is 0 Å². The van der Waals surface area contributed by atoms with Gasteiger partial charge < -0.3 is 5.32 Å². The van der Waals surface area contributed by atoms with Crippen LogP contribution < -0.4 is 5.32 Å². The summed E-state index contributed by atoms with van der Waals surface area (Å²) < 4.78 is 1.01. The van der Waals surface area contributed by atoms with E-state index in [0.717, 1.165) is 21.0 Å². The van der Waals surface area contributed by atoms with E-state index in [2.05, 4.69) is 35.1 Å². The number of carbonyl (C=O) groups is 1. The summed E-state index contributed by atoms with van der Waals surface area (Å²) in [6.45, 7) is 4.50. The zero-order valence-corrected chi connectivity index (χ0v) is 12.6. The highest BCUT2D eigenvalue weighted by Crippen LogP contribution is 2.34. The van der Waals surface area contributed by atoms with Crippen molar-refractivity contribution in [2.75, 3.05) is 0 Å². The second kappa shape index (κ2) is 5.53. The van der Waals surface area contributed by atoms with Crippen molar-refractivity contribution in [2.24, 2.45) is 11.8 Å². The summed E-state index contributed by atoms with van der Waals surface area (Å²) in [6.07, 6.45) is 3.59. The van der Waals surface area contributed by atoms with Gasteiger partial charge in [-0.1, -0.05) is 20.3 Å². The lowest BCUT2D eigenvalue weighted by molar-refractivity contribution is 0.0930. The molecule has 94 valence electrons. The lowest BCUT2D eigenvalue weighted by atomic mass is 9.93. The minimum absolute atomic E-state index is 0.0781. The van der Waals surface area contributed by atoms with Crippen LogP contribution in [0.3, 0.4) is 0 Å². The standard InChI is InChI=1S/C13H18BrNOS/c1-3-9-4-5-10(8(9)2)15-13(16)11-6-7-12(14)17-11/h6-10H,3-5H2,1-2H3,(H,15,16). The van der Waals surface area contributed by atoms with E-state index in [1.807, 2.05) is 12.1 Å². The van der Waals surface area contributed by atoms with Crippen LogP contribution in [0.1, 0.15) is 42.8 Å². The van der Waals surface area contributed by atoms with Crippen molar-refractivity contribution in [3.63, 3.8) is 0 Å². The number of hydrogen-bond acceptors (Lipinski definition) is 2. The molecule has 0 spiro atoms. The molecule has 3 atom stereocenters.